The second-order valence-electron chi connectivity index (χ2n) is 7.76. The summed E-state index contributed by atoms with van der Waals surface area (Å²) in [5, 5.41) is 0. The van der Waals surface area contributed by atoms with Crippen molar-refractivity contribution in [2.45, 2.75) is 116 Å². The molecule has 0 bridgehead atoms. The van der Waals surface area contributed by atoms with E-state index in [1.165, 1.54) is 89.9 Å². The van der Waals surface area contributed by atoms with Gasteiger partial charge in [-0.3, -0.25) is 0 Å². The summed E-state index contributed by atoms with van der Waals surface area (Å²) in [5.41, 5.74) is 0. The lowest BCUT2D eigenvalue weighted by atomic mass is 9.84. The lowest BCUT2D eigenvalue weighted by molar-refractivity contribution is -0.359. The van der Waals surface area contributed by atoms with Gasteiger partial charge < -0.3 is 0 Å². The van der Waals surface area contributed by atoms with Crippen LogP contribution in [0.2, 0.25) is 0 Å². The van der Waals surface area contributed by atoms with Gasteiger partial charge in [-0.05, 0) is 63.2 Å². The van der Waals surface area contributed by atoms with E-state index >= 15 is 0 Å². The van der Waals surface area contributed by atoms with Gasteiger partial charge in [0.2, 0.25) is 0 Å². The van der Waals surface area contributed by atoms with E-state index < -0.39 is 0 Å². The Morgan fingerprint density at radius 2 is 0.955 bits per heavy atom. The molecule has 2 saturated carbocycles. The van der Waals surface area contributed by atoms with Crippen LogP contribution in [0.15, 0.2) is 0 Å². The third kappa shape index (κ3) is 6.58. The standard InChI is InChI=1S/C20H38O2/c1-3-5-7-17-9-13-19(14-10-17)21-22-20-15-11-18(12-16-20)8-6-4-2/h17-20H,3-16H2,1-2H3. The van der Waals surface area contributed by atoms with Crippen molar-refractivity contribution in [2.24, 2.45) is 11.8 Å². The summed E-state index contributed by atoms with van der Waals surface area (Å²) in [6.45, 7) is 4.58. The van der Waals surface area contributed by atoms with Crippen LogP contribution in [0, 0.1) is 11.8 Å². The summed E-state index contributed by atoms with van der Waals surface area (Å²) in [4.78, 5) is 11.6. The van der Waals surface area contributed by atoms with Crippen molar-refractivity contribution in [2.75, 3.05) is 0 Å². The van der Waals surface area contributed by atoms with Gasteiger partial charge in [-0.25, -0.2) is 9.78 Å². The Kier molecular flexibility index (Phi) is 8.84. The molecule has 0 spiro atoms. The molecule has 0 atom stereocenters. The minimum atomic E-state index is 0.371. The summed E-state index contributed by atoms with van der Waals surface area (Å²) in [7, 11) is 0. The first-order valence-electron chi connectivity index (χ1n) is 10.1. The number of rotatable bonds is 9. The fourth-order valence-corrected chi connectivity index (χ4v) is 4.18. The average molecular weight is 311 g/mol. The van der Waals surface area contributed by atoms with Crippen LogP contribution in [0.1, 0.15) is 104 Å². The highest BCUT2D eigenvalue weighted by Crippen LogP contribution is 2.32. The first kappa shape index (κ1) is 18.3. The Labute approximate surface area is 138 Å². The summed E-state index contributed by atoms with van der Waals surface area (Å²) < 4.78 is 0. The van der Waals surface area contributed by atoms with Gasteiger partial charge in [0.05, 0.1) is 12.2 Å². The molecule has 0 N–H and O–H groups in total. The number of hydrogen-bond donors (Lipinski definition) is 0. The Balaban J connectivity index is 1.52. The van der Waals surface area contributed by atoms with E-state index in [1.54, 1.807) is 0 Å². The molecular formula is C20H38O2. The number of hydrogen-bond acceptors (Lipinski definition) is 2. The van der Waals surface area contributed by atoms with Gasteiger partial charge in [0.15, 0.2) is 0 Å². The quantitative estimate of drug-likeness (QED) is 0.361. The molecule has 0 aromatic rings. The molecule has 0 aromatic carbocycles. The SMILES string of the molecule is CCCCC1CCC(OOC2CCC(CCCC)CC2)CC1. The monoisotopic (exact) mass is 310 g/mol. The van der Waals surface area contributed by atoms with Crippen LogP contribution in [-0.2, 0) is 9.78 Å². The van der Waals surface area contributed by atoms with Crippen LogP contribution in [-0.4, -0.2) is 12.2 Å². The van der Waals surface area contributed by atoms with E-state index in [1.807, 2.05) is 0 Å². The Bertz CT molecular complexity index is 235. The topological polar surface area (TPSA) is 18.5 Å². The van der Waals surface area contributed by atoms with Crippen molar-refractivity contribution in [3.63, 3.8) is 0 Å². The van der Waals surface area contributed by atoms with E-state index in [0.29, 0.717) is 12.2 Å². The van der Waals surface area contributed by atoms with E-state index in [4.69, 9.17) is 9.78 Å². The highest BCUT2D eigenvalue weighted by atomic mass is 17.2. The fourth-order valence-electron chi connectivity index (χ4n) is 4.18. The van der Waals surface area contributed by atoms with Gasteiger partial charge in [0, 0.05) is 0 Å². The van der Waals surface area contributed by atoms with Gasteiger partial charge in [-0.15, -0.1) is 0 Å². The Morgan fingerprint density at radius 1 is 0.591 bits per heavy atom. The van der Waals surface area contributed by atoms with E-state index in [9.17, 15) is 0 Å². The maximum atomic E-state index is 5.79. The summed E-state index contributed by atoms with van der Waals surface area (Å²) >= 11 is 0. The predicted octanol–water partition coefficient (Wildman–Crippen LogP) is 6.43. The van der Waals surface area contributed by atoms with E-state index in [2.05, 4.69) is 13.8 Å². The van der Waals surface area contributed by atoms with Gasteiger partial charge in [-0.2, -0.15) is 0 Å². The zero-order valence-electron chi connectivity index (χ0n) is 15.0. The zero-order chi connectivity index (χ0) is 15.6. The Morgan fingerprint density at radius 3 is 1.27 bits per heavy atom. The van der Waals surface area contributed by atoms with Crippen molar-refractivity contribution in [3.05, 3.63) is 0 Å². The van der Waals surface area contributed by atoms with E-state index in [-0.39, 0.29) is 0 Å². The molecule has 0 aliphatic heterocycles. The van der Waals surface area contributed by atoms with Crippen LogP contribution in [0.5, 0.6) is 0 Å². The second kappa shape index (κ2) is 10.6. The molecule has 130 valence electrons. The highest BCUT2D eigenvalue weighted by molar-refractivity contribution is 4.74. The molecule has 2 rings (SSSR count). The molecule has 0 amide bonds. The third-order valence-corrected chi connectivity index (χ3v) is 5.85. The summed E-state index contributed by atoms with van der Waals surface area (Å²) in [6, 6.07) is 0. The van der Waals surface area contributed by atoms with Gasteiger partial charge in [0.1, 0.15) is 0 Å². The minimum absolute atomic E-state index is 0.371. The lowest BCUT2D eigenvalue weighted by Gasteiger charge is -2.31. The molecule has 22 heavy (non-hydrogen) atoms. The largest absolute Gasteiger partial charge is 0.233 e. The number of unbranched alkanes of at least 4 members (excludes halogenated alkanes) is 2. The van der Waals surface area contributed by atoms with Crippen LogP contribution >= 0.6 is 0 Å². The van der Waals surface area contributed by atoms with Crippen LogP contribution < -0.4 is 0 Å². The van der Waals surface area contributed by atoms with Crippen LogP contribution in [0.4, 0.5) is 0 Å². The van der Waals surface area contributed by atoms with Crippen molar-refractivity contribution < 1.29 is 9.78 Å². The normalized spacial score (nSPS) is 33.0. The molecule has 0 saturated heterocycles. The van der Waals surface area contributed by atoms with Crippen LogP contribution in [0.25, 0.3) is 0 Å². The van der Waals surface area contributed by atoms with E-state index in [0.717, 1.165) is 11.8 Å². The molecule has 2 heteroatoms. The van der Waals surface area contributed by atoms with Crippen molar-refractivity contribution in [1.29, 1.82) is 0 Å². The lowest BCUT2D eigenvalue weighted by Crippen LogP contribution is -2.27. The molecule has 0 radical (unpaired) electrons. The maximum Gasteiger partial charge on any atom is 0.0930 e. The molecule has 2 nitrogen and oxygen atoms in total. The molecular weight excluding hydrogens is 272 g/mol. The average Bonchev–Trinajstić information content (AvgIpc) is 2.58. The molecule has 2 aliphatic rings. The van der Waals surface area contributed by atoms with Crippen LogP contribution in [0.3, 0.4) is 0 Å². The predicted molar refractivity (Wildman–Crippen MR) is 92.7 cm³/mol. The zero-order valence-corrected chi connectivity index (χ0v) is 15.0. The summed E-state index contributed by atoms with van der Waals surface area (Å²) in [5.74, 6) is 1.91. The van der Waals surface area contributed by atoms with Gasteiger partial charge in [0.25, 0.3) is 0 Å². The molecule has 2 fully saturated rings. The van der Waals surface area contributed by atoms with Gasteiger partial charge >= 0.3 is 0 Å². The second-order valence-corrected chi connectivity index (χ2v) is 7.76. The van der Waals surface area contributed by atoms with Crippen molar-refractivity contribution in [1.82, 2.24) is 0 Å². The van der Waals surface area contributed by atoms with Crippen molar-refractivity contribution in [3.8, 4) is 0 Å². The van der Waals surface area contributed by atoms with Gasteiger partial charge in [-0.1, -0.05) is 52.4 Å². The molecule has 2 aliphatic carbocycles. The summed E-state index contributed by atoms with van der Waals surface area (Å²) in [6.07, 6.45) is 19.3. The molecule has 0 unspecified atom stereocenters. The third-order valence-electron chi connectivity index (χ3n) is 5.85. The molecule has 0 aromatic heterocycles. The van der Waals surface area contributed by atoms with Crippen molar-refractivity contribution >= 4 is 0 Å². The fraction of sp³-hybridized carbons (Fsp3) is 1.00. The minimum Gasteiger partial charge on any atom is -0.233 e. The smallest absolute Gasteiger partial charge is 0.0930 e. The molecule has 0 heterocycles. The highest BCUT2D eigenvalue weighted by Gasteiger charge is 2.25. The Hall–Kier alpha value is -0.0800. The first-order chi connectivity index (χ1) is 10.8. The maximum absolute atomic E-state index is 5.79. The first-order valence-corrected chi connectivity index (χ1v) is 10.1.